The molecule has 0 aliphatic rings. The minimum atomic E-state index is -0.321. The number of nitrogens with zero attached hydrogens (tertiary/aromatic N) is 3. The van der Waals surface area contributed by atoms with E-state index in [0.717, 1.165) is 24.0 Å². The number of carbonyl (C=O) groups is 1. The number of anilines is 1. The van der Waals surface area contributed by atoms with Gasteiger partial charge in [0, 0.05) is 25.5 Å². The van der Waals surface area contributed by atoms with Gasteiger partial charge in [-0.1, -0.05) is 11.3 Å². The average Bonchev–Trinajstić information content (AvgIpc) is 3.00. The summed E-state index contributed by atoms with van der Waals surface area (Å²) in [5, 5.41) is 3.90. The molecule has 0 saturated carbocycles. The molecule has 1 N–H and O–H groups in total. The molecule has 2 aromatic heterocycles. The first-order valence-electron chi connectivity index (χ1n) is 6.05. The van der Waals surface area contributed by atoms with E-state index < -0.39 is 0 Å². The minimum Gasteiger partial charge on any atom is -0.462 e. The number of ether oxygens (including phenoxy) is 1. The Morgan fingerprint density at radius 3 is 3.05 bits per heavy atom. The monoisotopic (exact) mass is 280 g/mol. The molecule has 0 radical (unpaired) electrons. The molecule has 102 valence electrons. The van der Waals surface area contributed by atoms with Crippen molar-refractivity contribution in [1.29, 1.82) is 0 Å². The number of aryl methyl sites for hydroxylation is 1. The van der Waals surface area contributed by atoms with Crippen LogP contribution in [0.1, 0.15) is 22.4 Å². The highest BCUT2D eigenvalue weighted by molar-refractivity contribution is 7.17. The van der Waals surface area contributed by atoms with Crippen molar-refractivity contribution in [3.8, 4) is 0 Å². The quantitative estimate of drug-likeness (QED) is 0.819. The van der Waals surface area contributed by atoms with Gasteiger partial charge in [0.1, 0.15) is 10.7 Å². The third kappa shape index (κ3) is 3.54. The normalized spacial score (nSPS) is 10.4. The van der Waals surface area contributed by atoms with E-state index in [0.29, 0.717) is 11.5 Å². The topological polar surface area (TPSA) is 69.0 Å². The summed E-state index contributed by atoms with van der Waals surface area (Å²) >= 11 is 1.30. The van der Waals surface area contributed by atoms with Gasteiger partial charge in [-0.05, 0) is 13.8 Å². The first-order chi connectivity index (χ1) is 9.20. The van der Waals surface area contributed by atoms with Crippen molar-refractivity contribution in [3.05, 3.63) is 29.3 Å². The van der Waals surface area contributed by atoms with E-state index in [1.165, 1.54) is 17.5 Å². The first kappa shape index (κ1) is 13.5. The molecule has 19 heavy (non-hydrogen) atoms. The summed E-state index contributed by atoms with van der Waals surface area (Å²) in [4.78, 5) is 20.3. The minimum absolute atomic E-state index is 0.321. The number of rotatable bonds is 6. The molecule has 0 atom stereocenters. The summed E-state index contributed by atoms with van der Waals surface area (Å²) in [5.74, 6) is 0.659. The molecule has 0 amide bonds. The van der Waals surface area contributed by atoms with Crippen molar-refractivity contribution < 1.29 is 9.53 Å². The van der Waals surface area contributed by atoms with Gasteiger partial charge in [0.2, 0.25) is 0 Å². The molecule has 2 heterocycles. The van der Waals surface area contributed by atoms with Gasteiger partial charge in [-0.3, -0.25) is 0 Å². The number of thiazole rings is 1. The van der Waals surface area contributed by atoms with Crippen LogP contribution in [0.3, 0.4) is 0 Å². The third-order valence-electron chi connectivity index (χ3n) is 2.53. The molecule has 0 aliphatic heterocycles. The van der Waals surface area contributed by atoms with E-state index in [1.807, 2.05) is 17.7 Å². The molecule has 0 bridgehead atoms. The molecule has 0 unspecified atom stereocenters. The van der Waals surface area contributed by atoms with Crippen LogP contribution in [0.5, 0.6) is 0 Å². The van der Waals surface area contributed by atoms with Crippen molar-refractivity contribution in [2.45, 2.75) is 20.4 Å². The molecular formula is C12H16N4O2S. The fourth-order valence-electron chi connectivity index (χ4n) is 1.58. The SMILES string of the molecule is CCOC(=O)c1cnc(NCCn2ccnc2C)s1. The van der Waals surface area contributed by atoms with Crippen molar-refractivity contribution in [1.82, 2.24) is 14.5 Å². The molecule has 0 aromatic carbocycles. The highest BCUT2D eigenvalue weighted by Crippen LogP contribution is 2.18. The first-order valence-corrected chi connectivity index (χ1v) is 6.87. The summed E-state index contributed by atoms with van der Waals surface area (Å²) < 4.78 is 6.96. The Morgan fingerprint density at radius 1 is 1.53 bits per heavy atom. The zero-order valence-electron chi connectivity index (χ0n) is 10.9. The lowest BCUT2D eigenvalue weighted by molar-refractivity contribution is 0.0532. The van der Waals surface area contributed by atoms with E-state index in [1.54, 1.807) is 13.1 Å². The lowest BCUT2D eigenvalue weighted by atomic mass is 10.5. The Balaban J connectivity index is 1.84. The van der Waals surface area contributed by atoms with Crippen LogP contribution in [-0.4, -0.2) is 33.7 Å². The fraction of sp³-hybridized carbons (Fsp3) is 0.417. The van der Waals surface area contributed by atoms with Gasteiger partial charge >= 0.3 is 5.97 Å². The molecule has 0 spiro atoms. The largest absolute Gasteiger partial charge is 0.462 e. The number of hydrogen-bond donors (Lipinski definition) is 1. The van der Waals surface area contributed by atoms with Gasteiger partial charge in [-0.25, -0.2) is 14.8 Å². The zero-order chi connectivity index (χ0) is 13.7. The summed E-state index contributed by atoms with van der Waals surface area (Å²) in [6.45, 7) is 5.65. The standard InChI is InChI=1S/C12H16N4O2S/c1-3-18-11(17)10-8-15-12(19-10)14-5-7-16-6-4-13-9(16)2/h4,6,8H,3,5,7H2,1-2H3,(H,14,15). The van der Waals surface area contributed by atoms with Crippen molar-refractivity contribution in [3.63, 3.8) is 0 Å². The second-order valence-corrected chi connectivity index (χ2v) is 4.88. The number of hydrogen-bond acceptors (Lipinski definition) is 6. The van der Waals surface area contributed by atoms with Crippen LogP contribution in [-0.2, 0) is 11.3 Å². The van der Waals surface area contributed by atoms with Crippen LogP contribution in [0.2, 0.25) is 0 Å². The number of aromatic nitrogens is 3. The van der Waals surface area contributed by atoms with Gasteiger partial charge in [0.25, 0.3) is 0 Å². The van der Waals surface area contributed by atoms with Gasteiger partial charge in [0.15, 0.2) is 5.13 Å². The molecule has 2 rings (SSSR count). The van der Waals surface area contributed by atoms with Gasteiger partial charge in [-0.2, -0.15) is 0 Å². The van der Waals surface area contributed by atoms with E-state index in [-0.39, 0.29) is 5.97 Å². The molecule has 0 aliphatic carbocycles. The third-order valence-corrected chi connectivity index (χ3v) is 3.47. The summed E-state index contributed by atoms with van der Waals surface area (Å²) in [6, 6.07) is 0. The van der Waals surface area contributed by atoms with Crippen molar-refractivity contribution >= 4 is 22.4 Å². The Labute approximate surface area is 115 Å². The maximum absolute atomic E-state index is 11.5. The zero-order valence-corrected chi connectivity index (χ0v) is 11.7. The van der Waals surface area contributed by atoms with Gasteiger partial charge in [0.05, 0.1) is 12.8 Å². The fourth-order valence-corrected chi connectivity index (χ4v) is 2.31. The Hall–Kier alpha value is -1.89. The predicted molar refractivity (Wildman–Crippen MR) is 73.5 cm³/mol. The number of nitrogens with one attached hydrogen (secondary N) is 1. The number of esters is 1. The lowest BCUT2D eigenvalue weighted by Gasteiger charge is -2.05. The van der Waals surface area contributed by atoms with Crippen LogP contribution in [0.15, 0.2) is 18.6 Å². The van der Waals surface area contributed by atoms with Crippen LogP contribution in [0.4, 0.5) is 5.13 Å². The lowest BCUT2D eigenvalue weighted by Crippen LogP contribution is -2.10. The Kier molecular flexibility index (Phi) is 4.51. The predicted octanol–water partition coefficient (Wildman–Crippen LogP) is 1.94. The molecule has 6 nitrogen and oxygen atoms in total. The molecule has 7 heteroatoms. The average molecular weight is 280 g/mol. The summed E-state index contributed by atoms with van der Waals surface area (Å²) in [6.07, 6.45) is 5.24. The van der Waals surface area contributed by atoms with Gasteiger partial charge in [-0.15, -0.1) is 0 Å². The van der Waals surface area contributed by atoms with Crippen LogP contribution < -0.4 is 5.32 Å². The van der Waals surface area contributed by atoms with Crippen molar-refractivity contribution in [2.24, 2.45) is 0 Å². The van der Waals surface area contributed by atoms with Crippen molar-refractivity contribution in [2.75, 3.05) is 18.5 Å². The molecular weight excluding hydrogens is 264 g/mol. The maximum atomic E-state index is 11.5. The van der Waals surface area contributed by atoms with Crippen LogP contribution in [0.25, 0.3) is 0 Å². The van der Waals surface area contributed by atoms with Gasteiger partial charge < -0.3 is 14.6 Å². The van der Waals surface area contributed by atoms with E-state index in [9.17, 15) is 4.79 Å². The van der Waals surface area contributed by atoms with E-state index >= 15 is 0 Å². The van der Waals surface area contributed by atoms with E-state index in [2.05, 4.69) is 15.3 Å². The maximum Gasteiger partial charge on any atom is 0.350 e. The highest BCUT2D eigenvalue weighted by atomic mass is 32.1. The molecule has 0 fully saturated rings. The summed E-state index contributed by atoms with van der Waals surface area (Å²) in [7, 11) is 0. The van der Waals surface area contributed by atoms with Crippen LogP contribution in [0, 0.1) is 6.92 Å². The van der Waals surface area contributed by atoms with Crippen LogP contribution >= 0.6 is 11.3 Å². The Morgan fingerprint density at radius 2 is 2.37 bits per heavy atom. The molecule has 2 aromatic rings. The highest BCUT2D eigenvalue weighted by Gasteiger charge is 2.10. The molecule has 0 saturated heterocycles. The Bertz CT molecular complexity index is 549. The smallest absolute Gasteiger partial charge is 0.350 e. The summed E-state index contributed by atoms with van der Waals surface area (Å²) in [5.41, 5.74) is 0. The number of imidazole rings is 1. The second kappa shape index (κ2) is 6.33. The second-order valence-electron chi connectivity index (χ2n) is 3.84. The number of carbonyl (C=O) groups excluding carboxylic acids is 1. The van der Waals surface area contributed by atoms with E-state index in [4.69, 9.17) is 4.74 Å².